The molecule has 2 nitrogen and oxygen atoms in total. The average Bonchev–Trinajstić information content (AvgIpc) is 2.39. The predicted molar refractivity (Wildman–Crippen MR) is 83.8 cm³/mol. The third kappa shape index (κ3) is 3.69. The van der Waals surface area contributed by atoms with Crippen LogP contribution in [0.5, 0.6) is 0 Å². The third-order valence-electron chi connectivity index (χ3n) is 3.49. The highest BCUT2D eigenvalue weighted by atomic mass is 15.0. The van der Waals surface area contributed by atoms with Crippen molar-refractivity contribution >= 4 is 16.7 Å². The molecule has 102 valence electrons. The van der Waals surface area contributed by atoms with Gasteiger partial charge in [0.1, 0.15) is 5.82 Å². The number of hydrogen-bond donors (Lipinski definition) is 1. The molecule has 0 amide bonds. The number of nitrogens with one attached hydrogen (secondary N) is 1. The summed E-state index contributed by atoms with van der Waals surface area (Å²) in [7, 11) is 0. The van der Waals surface area contributed by atoms with Gasteiger partial charge in [0.05, 0.1) is 5.52 Å². The molecule has 1 aromatic heterocycles. The molecule has 0 aliphatic rings. The molecule has 1 heterocycles. The zero-order chi connectivity index (χ0) is 13.7. The summed E-state index contributed by atoms with van der Waals surface area (Å²) < 4.78 is 0. The Hall–Kier alpha value is -1.57. The van der Waals surface area contributed by atoms with E-state index in [0.717, 1.165) is 17.9 Å². The van der Waals surface area contributed by atoms with Crippen molar-refractivity contribution in [3.05, 3.63) is 35.4 Å². The Morgan fingerprint density at radius 3 is 2.68 bits per heavy atom. The minimum Gasteiger partial charge on any atom is -0.370 e. The van der Waals surface area contributed by atoms with Crippen LogP contribution in [0.1, 0.15) is 43.7 Å². The number of rotatable bonds is 6. The van der Waals surface area contributed by atoms with Gasteiger partial charge >= 0.3 is 0 Å². The first-order valence-electron chi connectivity index (χ1n) is 7.32. The Morgan fingerprint density at radius 2 is 1.89 bits per heavy atom. The standard InChI is InChI=1S/C17H24N2/c1-4-5-6-7-10-18-17-14(3)12-15-9-8-13(2)11-16(15)19-17/h8-9,11-12H,4-7,10H2,1-3H3,(H,18,19). The van der Waals surface area contributed by atoms with Crippen molar-refractivity contribution in [2.45, 2.75) is 46.5 Å². The monoisotopic (exact) mass is 256 g/mol. The first-order chi connectivity index (χ1) is 9.20. The lowest BCUT2D eigenvalue weighted by Gasteiger charge is -2.10. The van der Waals surface area contributed by atoms with Gasteiger partial charge in [0.25, 0.3) is 0 Å². The first kappa shape index (κ1) is 13.9. The van der Waals surface area contributed by atoms with Crippen molar-refractivity contribution < 1.29 is 0 Å². The molecule has 0 spiro atoms. The Balaban J connectivity index is 2.07. The van der Waals surface area contributed by atoms with Crippen LogP contribution in [-0.2, 0) is 0 Å². The quantitative estimate of drug-likeness (QED) is 0.748. The summed E-state index contributed by atoms with van der Waals surface area (Å²) in [6.07, 6.45) is 5.13. The van der Waals surface area contributed by atoms with Gasteiger partial charge < -0.3 is 5.32 Å². The lowest BCUT2D eigenvalue weighted by molar-refractivity contribution is 0.684. The van der Waals surface area contributed by atoms with Crippen LogP contribution in [0.15, 0.2) is 24.3 Å². The van der Waals surface area contributed by atoms with E-state index >= 15 is 0 Å². The molecule has 0 atom stereocenters. The number of aryl methyl sites for hydroxylation is 2. The van der Waals surface area contributed by atoms with E-state index in [1.165, 1.54) is 42.2 Å². The normalized spacial score (nSPS) is 10.9. The highest BCUT2D eigenvalue weighted by molar-refractivity contribution is 5.82. The smallest absolute Gasteiger partial charge is 0.129 e. The maximum atomic E-state index is 4.74. The van der Waals surface area contributed by atoms with Crippen LogP contribution in [0.3, 0.4) is 0 Å². The summed E-state index contributed by atoms with van der Waals surface area (Å²) in [6, 6.07) is 8.66. The summed E-state index contributed by atoms with van der Waals surface area (Å²) >= 11 is 0. The molecular weight excluding hydrogens is 232 g/mol. The van der Waals surface area contributed by atoms with Crippen molar-refractivity contribution in [1.82, 2.24) is 4.98 Å². The van der Waals surface area contributed by atoms with E-state index in [-0.39, 0.29) is 0 Å². The minimum atomic E-state index is 1.02. The molecule has 0 bridgehead atoms. The Morgan fingerprint density at radius 1 is 1.05 bits per heavy atom. The van der Waals surface area contributed by atoms with Gasteiger partial charge in [-0.25, -0.2) is 4.98 Å². The number of nitrogens with zero attached hydrogens (tertiary/aromatic N) is 1. The number of aromatic nitrogens is 1. The largest absolute Gasteiger partial charge is 0.370 e. The molecular formula is C17H24N2. The minimum absolute atomic E-state index is 1.02. The SMILES string of the molecule is CCCCCCNc1nc2cc(C)ccc2cc1C. The fraction of sp³-hybridized carbons (Fsp3) is 0.471. The maximum Gasteiger partial charge on any atom is 0.129 e. The Bertz CT molecular complexity index is 546. The molecule has 2 rings (SSSR count). The number of hydrogen-bond acceptors (Lipinski definition) is 2. The fourth-order valence-corrected chi connectivity index (χ4v) is 2.32. The van der Waals surface area contributed by atoms with Gasteiger partial charge in [-0.3, -0.25) is 0 Å². The van der Waals surface area contributed by atoms with Crippen molar-refractivity contribution in [3.8, 4) is 0 Å². The molecule has 1 N–H and O–H groups in total. The molecule has 2 aromatic rings. The number of unbranched alkanes of at least 4 members (excludes halogenated alkanes) is 3. The summed E-state index contributed by atoms with van der Waals surface area (Å²) in [4.78, 5) is 4.74. The third-order valence-corrected chi connectivity index (χ3v) is 3.49. The van der Waals surface area contributed by atoms with Crippen molar-refractivity contribution in [2.24, 2.45) is 0 Å². The lowest BCUT2D eigenvalue weighted by atomic mass is 10.1. The van der Waals surface area contributed by atoms with E-state index in [1.54, 1.807) is 0 Å². The molecule has 2 heteroatoms. The number of anilines is 1. The lowest BCUT2D eigenvalue weighted by Crippen LogP contribution is -2.05. The number of fused-ring (bicyclic) bond motifs is 1. The van der Waals surface area contributed by atoms with Gasteiger partial charge in [-0.15, -0.1) is 0 Å². The van der Waals surface area contributed by atoms with Gasteiger partial charge in [-0.05, 0) is 43.5 Å². The van der Waals surface area contributed by atoms with E-state index in [2.05, 4.69) is 50.4 Å². The number of benzene rings is 1. The van der Waals surface area contributed by atoms with E-state index < -0.39 is 0 Å². The molecule has 0 aliphatic carbocycles. The van der Waals surface area contributed by atoms with Gasteiger partial charge in [0, 0.05) is 11.9 Å². The molecule has 0 radical (unpaired) electrons. The van der Waals surface area contributed by atoms with Crippen LogP contribution in [0.4, 0.5) is 5.82 Å². The molecule has 1 aromatic carbocycles. The van der Waals surface area contributed by atoms with E-state index in [1.807, 2.05) is 0 Å². The van der Waals surface area contributed by atoms with E-state index in [0.29, 0.717) is 0 Å². The topological polar surface area (TPSA) is 24.9 Å². The molecule has 0 saturated heterocycles. The highest BCUT2D eigenvalue weighted by Gasteiger charge is 2.03. The van der Waals surface area contributed by atoms with Gasteiger partial charge in [0.15, 0.2) is 0 Å². The Labute approximate surface area is 116 Å². The maximum absolute atomic E-state index is 4.74. The Kier molecular flexibility index (Phi) is 4.78. The second-order valence-corrected chi connectivity index (χ2v) is 5.34. The molecule has 0 unspecified atom stereocenters. The van der Waals surface area contributed by atoms with Crippen molar-refractivity contribution in [2.75, 3.05) is 11.9 Å². The fourth-order valence-electron chi connectivity index (χ4n) is 2.32. The van der Waals surface area contributed by atoms with Crippen LogP contribution in [-0.4, -0.2) is 11.5 Å². The zero-order valence-electron chi connectivity index (χ0n) is 12.3. The van der Waals surface area contributed by atoms with Gasteiger partial charge in [0.2, 0.25) is 0 Å². The average molecular weight is 256 g/mol. The predicted octanol–water partition coefficient (Wildman–Crippen LogP) is 4.84. The van der Waals surface area contributed by atoms with E-state index in [4.69, 9.17) is 4.98 Å². The second kappa shape index (κ2) is 6.55. The summed E-state index contributed by atoms with van der Waals surface area (Å²) in [5.41, 5.74) is 3.58. The molecule has 19 heavy (non-hydrogen) atoms. The summed E-state index contributed by atoms with van der Waals surface area (Å²) in [5, 5.41) is 4.69. The van der Waals surface area contributed by atoms with E-state index in [9.17, 15) is 0 Å². The van der Waals surface area contributed by atoms with Crippen LogP contribution in [0.2, 0.25) is 0 Å². The number of pyridine rings is 1. The van der Waals surface area contributed by atoms with Gasteiger partial charge in [-0.2, -0.15) is 0 Å². The van der Waals surface area contributed by atoms with Crippen LogP contribution in [0, 0.1) is 13.8 Å². The zero-order valence-corrected chi connectivity index (χ0v) is 12.3. The molecule has 0 fully saturated rings. The first-order valence-corrected chi connectivity index (χ1v) is 7.32. The van der Waals surface area contributed by atoms with Crippen LogP contribution in [0.25, 0.3) is 10.9 Å². The molecule has 0 aliphatic heterocycles. The van der Waals surface area contributed by atoms with Crippen LogP contribution >= 0.6 is 0 Å². The summed E-state index contributed by atoms with van der Waals surface area (Å²) in [5.74, 6) is 1.04. The van der Waals surface area contributed by atoms with Gasteiger partial charge in [-0.1, -0.05) is 38.3 Å². The molecule has 0 saturated carbocycles. The van der Waals surface area contributed by atoms with Crippen molar-refractivity contribution in [3.63, 3.8) is 0 Å². The van der Waals surface area contributed by atoms with Crippen LogP contribution < -0.4 is 5.32 Å². The summed E-state index contributed by atoms with van der Waals surface area (Å²) in [6.45, 7) is 7.50. The van der Waals surface area contributed by atoms with Crippen molar-refractivity contribution in [1.29, 1.82) is 0 Å². The highest BCUT2D eigenvalue weighted by Crippen LogP contribution is 2.20. The second-order valence-electron chi connectivity index (χ2n) is 5.34.